The highest BCUT2D eigenvalue weighted by Crippen LogP contribution is 2.29. The maximum Gasteiger partial charge on any atom is 0.141 e. The van der Waals surface area contributed by atoms with Gasteiger partial charge in [0.05, 0.1) is 6.20 Å². The van der Waals surface area contributed by atoms with Crippen LogP contribution in [0.25, 0.3) is 0 Å². The molecular weight excluding hydrogens is 215 g/mol. The van der Waals surface area contributed by atoms with Crippen molar-refractivity contribution in [2.24, 2.45) is 11.7 Å². The van der Waals surface area contributed by atoms with Gasteiger partial charge in [-0.25, -0.2) is 4.39 Å². The second-order valence-corrected chi connectivity index (χ2v) is 5.12. The molecule has 94 valence electrons. The average Bonchev–Trinajstić information content (AvgIpc) is 2.37. The van der Waals surface area contributed by atoms with Crippen molar-refractivity contribution >= 4 is 0 Å². The van der Waals surface area contributed by atoms with Crippen molar-refractivity contribution in [1.29, 1.82) is 0 Å². The van der Waals surface area contributed by atoms with E-state index >= 15 is 0 Å². The molecule has 1 unspecified atom stereocenters. The highest BCUT2D eigenvalue weighted by atomic mass is 19.1. The minimum Gasteiger partial charge on any atom is -0.324 e. The van der Waals surface area contributed by atoms with Gasteiger partial charge in [0.15, 0.2) is 0 Å². The first-order valence-electron chi connectivity index (χ1n) is 6.62. The van der Waals surface area contributed by atoms with E-state index in [4.69, 9.17) is 5.73 Å². The molecule has 2 N–H and O–H groups in total. The maximum absolute atomic E-state index is 13.0. The van der Waals surface area contributed by atoms with Crippen LogP contribution in [0.1, 0.15) is 56.6 Å². The molecule has 0 radical (unpaired) electrons. The molecule has 17 heavy (non-hydrogen) atoms. The van der Waals surface area contributed by atoms with E-state index in [2.05, 4.69) is 4.98 Å². The second-order valence-electron chi connectivity index (χ2n) is 5.12. The van der Waals surface area contributed by atoms with E-state index in [1.165, 1.54) is 44.4 Å². The summed E-state index contributed by atoms with van der Waals surface area (Å²) in [7, 11) is 0. The van der Waals surface area contributed by atoms with Crippen molar-refractivity contribution in [3.8, 4) is 0 Å². The lowest BCUT2D eigenvalue weighted by Gasteiger charge is -2.22. The van der Waals surface area contributed by atoms with Crippen molar-refractivity contribution in [3.05, 3.63) is 29.8 Å². The normalized spacial score (nSPS) is 19.2. The van der Waals surface area contributed by atoms with Crippen molar-refractivity contribution in [3.63, 3.8) is 0 Å². The van der Waals surface area contributed by atoms with E-state index in [0.717, 1.165) is 24.3 Å². The summed E-state index contributed by atoms with van der Waals surface area (Å²) in [4.78, 5) is 3.85. The Kier molecular flexibility index (Phi) is 4.49. The van der Waals surface area contributed by atoms with Gasteiger partial charge >= 0.3 is 0 Å². The fourth-order valence-corrected chi connectivity index (χ4v) is 2.69. The highest BCUT2D eigenvalue weighted by molar-refractivity contribution is 5.14. The van der Waals surface area contributed by atoms with Crippen LogP contribution in [0.4, 0.5) is 4.39 Å². The third-order valence-electron chi connectivity index (χ3n) is 3.76. The van der Waals surface area contributed by atoms with Crippen LogP contribution in [0.2, 0.25) is 0 Å². The highest BCUT2D eigenvalue weighted by Gasteiger charge is 2.15. The van der Waals surface area contributed by atoms with Gasteiger partial charge in [0, 0.05) is 12.2 Å². The number of rotatable bonds is 4. The lowest BCUT2D eigenvalue weighted by Crippen LogP contribution is -2.14. The van der Waals surface area contributed by atoms with Gasteiger partial charge in [-0.3, -0.25) is 4.98 Å². The smallest absolute Gasteiger partial charge is 0.141 e. The van der Waals surface area contributed by atoms with Gasteiger partial charge in [0.1, 0.15) is 5.82 Å². The second kappa shape index (κ2) is 6.10. The molecule has 1 fully saturated rings. The maximum atomic E-state index is 13.0. The Hall–Kier alpha value is -0.960. The predicted molar refractivity (Wildman–Crippen MR) is 66.9 cm³/mol. The zero-order chi connectivity index (χ0) is 12.1. The zero-order valence-corrected chi connectivity index (χ0v) is 10.2. The molecule has 1 atom stereocenters. The number of aromatic nitrogens is 1. The molecule has 0 saturated heterocycles. The zero-order valence-electron chi connectivity index (χ0n) is 10.2. The molecule has 0 bridgehead atoms. The lowest BCUT2D eigenvalue weighted by molar-refractivity contribution is 0.324. The monoisotopic (exact) mass is 236 g/mol. The number of pyridine rings is 1. The summed E-state index contributed by atoms with van der Waals surface area (Å²) in [6.45, 7) is 0. The van der Waals surface area contributed by atoms with Crippen LogP contribution < -0.4 is 5.73 Å². The quantitative estimate of drug-likeness (QED) is 0.867. The third kappa shape index (κ3) is 3.77. The summed E-state index contributed by atoms with van der Waals surface area (Å²) < 4.78 is 13.0. The average molecular weight is 236 g/mol. The van der Waals surface area contributed by atoms with Crippen LogP contribution in [0.5, 0.6) is 0 Å². The van der Waals surface area contributed by atoms with Crippen LogP contribution in [-0.4, -0.2) is 4.98 Å². The molecule has 1 aliphatic carbocycles. The Morgan fingerprint density at radius 3 is 2.76 bits per heavy atom. The van der Waals surface area contributed by atoms with Gasteiger partial charge in [-0.05, 0) is 30.4 Å². The van der Waals surface area contributed by atoms with Gasteiger partial charge in [0.25, 0.3) is 0 Å². The molecule has 1 heterocycles. The Morgan fingerprint density at radius 1 is 1.29 bits per heavy atom. The van der Waals surface area contributed by atoms with Crippen LogP contribution in [0.15, 0.2) is 18.5 Å². The molecule has 0 aromatic carbocycles. The third-order valence-corrected chi connectivity index (χ3v) is 3.76. The first-order chi connectivity index (χ1) is 8.25. The number of hydrogen-bond acceptors (Lipinski definition) is 2. The SMILES string of the molecule is NC(CCC1CCCCC1)c1cncc(F)c1. The molecule has 1 aliphatic rings. The molecule has 1 aromatic rings. The van der Waals surface area contributed by atoms with Crippen molar-refractivity contribution in [2.45, 2.75) is 51.0 Å². The largest absolute Gasteiger partial charge is 0.324 e. The van der Waals surface area contributed by atoms with Crippen LogP contribution in [0, 0.1) is 11.7 Å². The van der Waals surface area contributed by atoms with Crippen molar-refractivity contribution < 1.29 is 4.39 Å². The van der Waals surface area contributed by atoms with E-state index in [0.29, 0.717) is 0 Å². The van der Waals surface area contributed by atoms with Crippen molar-refractivity contribution in [1.82, 2.24) is 4.98 Å². The molecule has 1 aromatic heterocycles. The Balaban J connectivity index is 1.82. The standard InChI is InChI=1S/C14H21FN2/c15-13-8-12(9-17-10-13)14(16)7-6-11-4-2-1-3-5-11/h8-11,14H,1-7,16H2. The van der Waals surface area contributed by atoms with E-state index in [1.54, 1.807) is 6.20 Å². The Morgan fingerprint density at radius 2 is 2.06 bits per heavy atom. The molecule has 0 amide bonds. The Bertz CT molecular complexity index is 348. The van der Waals surface area contributed by atoms with Gasteiger partial charge < -0.3 is 5.73 Å². The van der Waals surface area contributed by atoms with Gasteiger partial charge in [-0.2, -0.15) is 0 Å². The van der Waals surface area contributed by atoms with Crippen LogP contribution >= 0.6 is 0 Å². The van der Waals surface area contributed by atoms with Crippen LogP contribution in [0.3, 0.4) is 0 Å². The molecule has 2 rings (SSSR count). The minimum atomic E-state index is -0.296. The molecular formula is C14H21FN2. The Labute approximate surface area is 102 Å². The summed E-state index contributed by atoms with van der Waals surface area (Å²) >= 11 is 0. The van der Waals surface area contributed by atoms with E-state index < -0.39 is 0 Å². The van der Waals surface area contributed by atoms with E-state index in [9.17, 15) is 4.39 Å². The number of halogens is 1. The fourth-order valence-electron chi connectivity index (χ4n) is 2.69. The first-order valence-corrected chi connectivity index (χ1v) is 6.62. The number of nitrogens with two attached hydrogens (primary N) is 1. The predicted octanol–water partition coefficient (Wildman–Crippen LogP) is 3.58. The summed E-state index contributed by atoms with van der Waals surface area (Å²) in [6, 6.07) is 1.43. The summed E-state index contributed by atoms with van der Waals surface area (Å²) in [5.74, 6) is 0.534. The van der Waals surface area contributed by atoms with Gasteiger partial charge in [0.2, 0.25) is 0 Å². The topological polar surface area (TPSA) is 38.9 Å². The van der Waals surface area contributed by atoms with Crippen molar-refractivity contribution in [2.75, 3.05) is 0 Å². The van der Waals surface area contributed by atoms with E-state index in [1.807, 2.05) is 0 Å². The minimum absolute atomic E-state index is 0.0693. The molecule has 3 heteroatoms. The molecule has 1 saturated carbocycles. The van der Waals surface area contributed by atoms with Gasteiger partial charge in [-0.1, -0.05) is 32.1 Å². The summed E-state index contributed by atoms with van der Waals surface area (Å²) in [5, 5.41) is 0. The summed E-state index contributed by atoms with van der Waals surface area (Å²) in [6.07, 6.45) is 11.8. The van der Waals surface area contributed by atoms with Gasteiger partial charge in [-0.15, -0.1) is 0 Å². The fraction of sp³-hybridized carbons (Fsp3) is 0.643. The summed E-state index contributed by atoms with van der Waals surface area (Å²) in [5.41, 5.74) is 6.89. The molecule has 2 nitrogen and oxygen atoms in total. The van der Waals surface area contributed by atoms with E-state index in [-0.39, 0.29) is 11.9 Å². The first kappa shape index (κ1) is 12.5. The molecule has 0 spiro atoms. The number of nitrogens with zero attached hydrogens (tertiary/aromatic N) is 1. The number of hydrogen-bond donors (Lipinski definition) is 1. The lowest BCUT2D eigenvalue weighted by atomic mass is 9.85. The van der Waals surface area contributed by atoms with Crippen LogP contribution in [-0.2, 0) is 0 Å². The molecule has 0 aliphatic heterocycles.